The number of rotatable bonds is 7. The standard InChI is InChI=1S/C26H28N2O5/c1-30-16-7-8-17-18(13-16)25(29)23-19-14-21(31-2)22(32-3)15-20(19)27-26(24(17)23)33-12-11-28-9-5-4-6-10-28/h7-8,13-15H,4-6,9-12H2,1-3H3. The van der Waals surface area contributed by atoms with Crippen molar-refractivity contribution in [3.05, 3.63) is 41.5 Å². The highest BCUT2D eigenvalue weighted by Gasteiger charge is 2.34. The number of fused-ring (bicyclic) bond motifs is 5. The van der Waals surface area contributed by atoms with E-state index in [1.165, 1.54) is 19.3 Å². The van der Waals surface area contributed by atoms with Crippen LogP contribution in [0.3, 0.4) is 0 Å². The van der Waals surface area contributed by atoms with Crippen molar-refractivity contribution in [2.75, 3.05) is 47.6 Å². The van der Waals surface area contributed by atoms with E-state index >= 15 is 0 Å². The summed E-state index contributed by atoms with van der Waals surface area (Å²) in [5, 5.41) is 0.714. The van der Waals surface area contributed by atoms with Crippen LogP contribution in [0, 0.1) is 0 Å². The van der Waals surface area contributed by atoms with Crippen molar-refractivity contribution >= 4 is 16.7 Å². The molecule has 0 N–H and O–H groups in total. The number of carbonyl (C=O) groups excluding carboxylic acids is 1. The first-order valence-electron chi connectivity index (χ1n) is 11.3. The summed E-state index contributed by atoms with van der Waals surface area (Å²) < 4.78 is 22.6. The maximum atomic E-state index is 13.6. The van der Waals surface area contributed by atoms with Gasteiger partial charge in [0.2, 0.25) is 5.88 Å². The van der Waals surface area contributed by atoms with Crippen molar-refractivity contribution < 1.29 is 23.7 Å². The lowest BCUT2D eigenvalue weighted by atomic mass is 10.0. The lowest BCUT2D eigenvalue weighted by Gasteiger charge is -2.26. The van der Waals surface area contributed by atoms with E-state index in [2.05, 4.69) is 4.90 Å². The van der Waals surface area contributed by atoms with Gasteiger partial charge in [0.1, 0.15) is 12.4 Å². The molecule has 0 bridgehead atoms. The molecule has 2 aliphatic rings. The number of carbonyl (C=O) groups is 1. The number of pyridine rings is 1. The highest BCUT2D eigenvalue weighted by atomic mass is 16.5. The van der Waals surface area contributed by atoms with Crippen molar-refractivity contribution in [3.63, 3.8) is 0 Å². The van der Waals surface area contributed by atoms with Gasteiger partial charge in [0, 0.05) is 29.1 Å². The first-order chi connectivity index (χ1) is 16.1. The molecule has 0 radical (unpaired) electrons. The highest BCUT2D eigenvalue weighted by Crippen LogP contribution is 2.47. The Balaban J connectivity index is 1.61. The van der Waals surface area contributed by atoms with Crippen LogP contribution in [0.2, 0.25) is 0 Å². The Morgan fingerprint density at radius 2 is 1.64 bits per heavy atom. The molecule has 1 fully saturated rings. The van der Waals surface area contributed by atoms with E-state index in [-0.39, 0.29) is 5.78 Å². The number of nitrogens with zero attached hydrogens (tertiary/aromatic N) is 2. The predicted octanol–water partition coefficient (Wildman–Crippen LogP) is 4.34. The van der Waals surface area contributed by atoms with Gasteiger partial charge in [0.15, 0.2) is 17.3 Å². The molecule has 1 aliphatic heterocycles. The van der Waals surface area contributed by atoms with Crippen molar-refractivity contribution in [2.45, 2.75) is 19.3 Å². The number of likely N-dealkylation sites (tertiary alicyclic amines) is 1. The largest absolute Gasteiger partial charge is 0.497 e. The Morgan fingerprint density at radius 1 is 0.879 bits per heavy atom. The summed E-state index contributed by atoms with van der Waals surface area (Å²) in [5.74, 6) is 2.15. The van der Waals surface area contributed by atoms with E-state index in [0.717, 1.165) is 30.8 Å². The number of piperidine rings is 1. The molecule has 0 amide bonds. The first kappa shape index (κ1) is 21.5. The number of aromatic nitrogens is 1. The summed E-state index contributed by atoms with van der Waals surface area (Å²) in [4.78, 5) is 20.8. The molecule has 7 heteroatoms. The van der Waals surface area contributed by atoms with Gasteiger partial charge in [0.05, 0.1) is 32.4 Å². The van der Waals surface area contributed by atoms with Crippen molar-refractivity contribution in [3.8, 4) is 34.3 Å². The molecule has 1 saturated heterocycles. The zero-order chi connectivity index (χ0) is 22.9. The molecule has 172 valence electrons. The lowest BCUT2D eigenvalue weighted by Crippen LogP contribution is -2.33. The molecule has 1 aromatic heterocycles. The molecule has 2 heterocycles. The van der Waals surface area contributed by atoms with E-state index in [4.69, 9.17) is 23.9 Å². The monoisotopic (exact) mass is 448 g/mol. The van der Waals surface area contributed by atoms with Crippen LogP contribution in [0.25, 0.3) is 22.0 Å². The average molecular weight is 449 g/mol. The molecular formula is C26H28N2O5. The minimum absolute atomic E-state index is 0.0700. The van der Waals surface area contributed by atoms with Crippen LogP contribution in [0.4, 0.5) is 0 Å². The summed E-state index contributed by atoms with van der Waals surface area (Å²) in [5.41, 5.74) is 3.35. The van der Waals surface area contributed by atoms with Crippen molar-refractivity contribution in [1.82, 2.24) is 9.88 Å². The summed E-state index contributed by atoms with van der Waals surface area (Å²) in [7, 11) is 4.76. The average Bonchev–Trinajstić information content (AvgIpc) is 3.16. The quantitative estimate of drug-likeness (QED) is 0.417. The topological polar surface area (TPSA) is 70.1 Å². The van der Waals surface area contributed by atoms with E-state index in [0.29, 0.717) is 51.8 Å². The number of ether oxygens (including phenoxy) is 4. The van der Waals surface area contributed by atoms with Gasteiger partial charge in [-0.15, -0.1) is 0 Å². The Morgan fingerprint density at radius 3 is 2.36 bits per heavy atom. The normalized spacial score (nSPS) is 15.3. The van der Waals surface area contributed by atoms with Crippen LogP contribution >= 0.6 is 0 Å². The molecule has 0 unspecified atom stereocenters. The number of hydrogen-bond acceptors (Lipinski definition) is 7. The molecule has 0 atom stereocenters. The molecule has 1 aliphatic carbocycles. The third-order valence-corrected chi connectivity index (χ3v) is 6.52. The molecule has 0 spiro atoms. The van der Waals surface area contributed by atoms with E-state index in [1.807, 2.05) is 18.2 Å². The van der Waals surface area contributed by atoms with Crippen LogP contribution < -0.4 is 18.9 Å². The second kappa shape index (κ2) is 8.90. The molecule has 2 aromatic carbocycles. The van der Waals surface area contributed by atoms with Crippen LogP contribution in [-0.2, 0) is 0 Å². The third kappa shape index (κ3) is 3.76. The smallest absolute Gasteiger partial charge is 0.222 e. The Hall–Kier alpha value is -3.32. The van der Waals surface area contributed by atoms with Crippen LogP contribution in [0.1, 0.15) is 35.2 Å². The van der Waals surface area contributed by atoms with Gasteiger partial charge < -0.3 is 18.9 Å². The molecule has 0 saturated carbocycles. The fourth-order valence-corrected chi connectivity index (χ4v) is 4.80. The number of hydrogen-bond donors (Lipinski definition) is 0. The molecule has 7 nitrogen and oxygen atoms in total. The zero-order valence-corrected chi connectivity index (χ0v) is 19.3. The Bertz CT molecular complexity index is 1220. The fourth-order valence-electron chi connectivity index (χ4n) is 4.80. The van der Waals surface area contributed by atoms with Gasteiger partial charge in [-0.3, -0.25) is 9.69 Å². The van der Waals surface area contributed by atoms with Gasteiger partial charge in [-0.1, -0.05) is 6.42 Å². The maximum absolute atomic E-state index is 13.6. The Kier molecular flexibility index (Phi) is 5.81. The van der Waals surface area contributed by atoms with E-state index < -0.39 is 0 Å². The minimum Gasteiger partial charge on any atom is -0.497 e. The summed E-state index contributed by atoms with van der Waals surface area (Å²) in [6.45, 7) is 3.55. The van der Waals surface area contributed by atoms with Crippen molar-refractivity contribution in [1.29, 1.82) is 0 Å². The van der Waals surface area contributed by atoms with Gasteiger partial charge in [0.25, 0.3) is 0 Å². The number of ketones is 1. The molecule has 3 aromatic rings. The lowest BCUT2D eigenvalue weighted by molar-refractivity contribution is 0.104. The summed E-state index contributed by atoms with van der Waals surface area (Å²) in [6, 6.07) is 9.16. The Labute approximate surface area is 193 Å². The van der Waals surface area contributed by atoms with E-state index in [1.54, 1.807) is 33.5 Å². The summed E-state index contributed by atoms with van der Waals surface area (Å²) >= 11 is 0. The van der Waals surface area contributed by atoms with E-state index in [9.17, 15) is 4.79 Å². The SMILES string of the molecule is COc1ccc2c(c1)C(=O)c1c-2c(OCCN2CCCCC2)nc2cc(OC)c(OC)cc12. The maximum Gasteiger partial charge on any atom is 0.222 e. The third-order valence-electron chi connectivity index (χ3n) is 6.52. The molecular weight excluding hydrogens is 420 g/mol. The number of benzene rings is 2. The van der Waals surface area contributed by atoms with Crippen molar-refractivity contribution in [2.24, 2.45) is 0 Å². The minimum atomic E-state index is -0.0700. The van der Waals surface area contributed by atoms with Gasteiger partial charge in [-0.05, 0) is 55.8 Å². The second-order valence-corrected chi connectivity index (χ2v) is 8.38. The van der Waals surface area contributed by atoms with Gasteiger partial charge in [-0.25, -0.2) is 4.98 Å². The first-order valence-corrected chi connectivity index (χ1v) is 11.3. The predicted molar refractivity (Wildman–Crippen MR) is 126 cm³/mol. The van der Waals surface area contributed by atoms with Crippen LogP contribution in [0.5, 0.6) is 23.1 Å². The molecule has 5 rings (SSSR count). The second-order valence-electron chi connectivity index (χ2n) is 8.38. The number of methoxy groups -OCH3 is 3. The summed E-state index contributed by atoms with van der Waals surface area (Å²) in [6.07, 6.45) is 3.76. The van der Waals surface area contributed by atoms with Gasteiger partial charge >= 0.3 is 0 Å². The molecule has 33 heavy (non-hydrogen) atoms. The zero-order valence-electron chi connectivity index (χ0n) is 19.3. The van der Waals surface area contributed by atoms with Gasteiger partial charge in [-0.2, -0.15) is 0 Å². The highest BCUT2D eigenvalue weighted by molar-refractivity contribution is 6.28. The fraction of sp³-hybridized carbons (Fsp3) is 0.385. The van der Waals surface area contributed by atoms with Crippen LogP contribution in [-0.4, -0.2) is 63.2 Å². The van der Waals surface area contributed by atoms with Crippen LogP contribution in [0.15, 0.2) is 30.3 Å².